The molecule has 1 saturated carbocycles. The monoisotopic (exact) mass is 265 g/mol. The second kappa shape index (κ2) is 5.86. The minimum absolute atomic E-state index is 0.0477. The Hall–Kier alpha value is -1.85. The van der Waals surface area contributed by atoms with Gasteiger partial charge in [-0.15, -0.1) is 0 Å². The first kappa shape index (κ1) is 13.6. The lowest BCUT2D eigenvalue weighted by Crippen LogP contribution is -2.35. The van der Waals surface area contributed by atoms with Gasteiger partial charge in [0.15, 0.2) is 0 Å². The highest BCUT2D eigenvalue weighted by molar-refractivity contribution is 5.93. The zero-order valence-electron chi connectivity index (χ0n) is 11.1. The van der Waals surface area contributed by atoms with E-state index in [0.717, 1.165) is 25.7 Å². The van der Waals surface area contributed by atoms with Crippen LogP contribution in [0.4, 0.5) is 5.69 Å². The van der Waals surface area contributed by atoms with Crippen molar-refractivity contribution in [3.63, 3.8) is 0 Å². The Morgan fingerprint density at radius 1 is 1.37 bits per heavy atom. The number of amides is 1. The van der Waals surface area contributed by atoms with E-state index in [1.54, 1.807) is 7.05 Å². The van der Waals surface area contributed by atoms with E-state index < -0.39 is 4.92 Å². The third-order valence-electron chi connectivity index (χ3n) is 3.62. The highest BCUT2D eigenvalue weighted by Crippen LogP contribution is 2.19. The zero-order chi connectivity index (χ0) is 13.8. The molecule has 0 spiro atoms. The minimum Gasteiger partial charge on any atom is -0.348 e. The van der Waals surface area contributed by atoms with Crippen LogP contribution in [0.5, 0.6) is 0 Å². The van der Waals surface area contributed by atoms with E-state index in [2.05, 4.69) is 5.32 Å². The van der Waals surface area contributed by atoms with Gasteiger partial charge in [0.05, 0.1) is 11.1 Å². The lowest BCUT2D eigenvalue weighted by atomic mass is 10.1. The van der Waals surface area contributed by atoms with Crippen LogP contribution in [0.15, 0.2) is 12.3 Å². The predicted octanol–water partition coefficient (Wildman–Crippen LogP) is 2.39. The molecule has 0 radical (unpaired) electrons. The summed E-state index contributed by atoms with van der Waals surface area (Å²) in [5, 5.41) is 13.7. The van der Waals surface area contributed by atoms with E-state index >= 15 is 0 Å². The van der Waals surface area contributed by atoms with Crippen molar-refractivity contribution in [2.75, 3.05) is 0 Å². The summed E-state index contributed by atoms with van der Waals surface area (Å²) in [6.45, 7) is 0. The Balaban J connectivity index is 2.04. The fourth-order valence-corrected chi connectivity index (χ4v) is 2.56. The molecule has 1 fully saturated rings. The van der Waals surface area contributed by atoms with Gasteiger partial charge in [-0.2, -0.15) is 0 Å². The van der Waals surface area contributed by atoms with Crippen LogP contribution < -0.4 is 5.32 Å². The van der Waals surface area contributed by atoms with E-state index in [9.17, 15) is 14.9 Å². The summed E-state index contributed by atoms with van der Waals surface area (Å²) in [5.74, 6) is -0.220. The van der Waals surface area contributed by atoms with Gasteiger partial charge in [-0.05, 0) is 12.8 Å². The van der Waals surface area contributed by atoms with E-state index in [1.807, 2.05) is 0 Å². The SMILES string of the molecule is Cn1cc([N+](=O)[O-])cc1C(=O)NC1CCCCCC1. The molecule has 1 heterocycles. The molecular weight excluding hydrogens is 246 g/mol. The molecule has 0 aliphatic heterocycles. The van der Waals surface area contributed by atoms with E-state index in [1.165, 1.54) is 29.7 Å². The number of hydrogen-bond acceptors (Lipinski definition) is 3. The molecule has 104 valence electrons. The molecule has 0 atom stereocenters. The normalized spacial score (nSPS) is 16.9. The molecule has 1 aromatic rings. The highest BCUT2D eigenvalue weighted by Gasteiger charge is 2.20. The lowest BCUT2D eigenvalue weighted by molar-refractivity contribution is -0.384. The fourth-order valence-electron chi connectivity index (χ4n) is 2.56. The van der Waals surface area contributed by atoms with Gasteiger partial charge in [-0.1, -0.05) is 25.7 Å². The molecule has 0 aromatic carbocycles. The largest absolute Gasteiger partial charge is 0.348 e. The van der Waals surface area contributed by atoms with Crippen LogP contribution in [-0.4, -0.2) is 21.4 Å². The number of aryl methyl sites for hydroxylation is 1. The predicted molar refractivity (Wildman–Crippen MR) is 71.0 cm³/mol. The van der Waals surface area contributed by atoms with Crippen molar-refractivity contribution in [2.24, 2.45) is 7.05 Å². The first-order valence-corrected chi connectivity index (χ1v) is 6.69. The quantitative estimate of drug-likeness (QED) is 0.518. The van der Waals surface area contributed by atoms with Crippen LogP contribution in [-0.2, 0) is 7.05 Å². The van der Waals surface area contributed by atoms with E-state index in [-0.39, 0.29) is 17.6 Å². The number of nitrogens with zero attached hydrogens (tertiary/aromatic N) is 2. The third kappa shape index (κ3) is 3.33. The zero-order valence-corrected chi connectivity index (χ0v) is 11.1. The number of aromatic nitrogens is 1. The van der Waals surface area contributed by atoms with Crippen molar-refractivity contribution < 1.29 is 9.72 Å². The van der Waals surface area contributed by atoms with Crippen LogP contribution in [0.25, 0.3) is 0 Å². The molecule has 6 nitrogen and oxygen atoms in total. The number of nitrogens with one attached hydrogen (secondary N) is 1. The van der Waals surface area contributed by atoms with Crippen molar-refractivity contribution in [3.8, 4) is 0 Å². The molecule has 0 bridgehead atoms. The Labute approximate surface area is 111 Å². The number of nitro groups is 1. The van der Waals surface area contributed by atoms with Gasteiger partial charge >= 0.3 is 0 Å². The first-order chi connectivity index (χ1) is 9.08. The van der Waals surface area contributed by atoms with Crippen LogP contribution >= 0.6 is 0 Å². The minimum atomic E-state index is -0.484. The van der Waals surface area contributed by atoms with Gasteiger partial charge in [0, 0.05) is 19.2 Å². The standard InChI is InChI=1S/C13H19N3O3/c1-15-9-11(16(18)19)8-12(15)13(17)14-10-6-4-2-3-5-7-10/h8-10H,2-7H2,1H3,(H,14,17). The van der Waals surface area contributed by atoms with Crippen LogP contribution in [0.3, 0.4) is 0 Å². The molecule has 2 rings (SSSR count). The summed E-state index contributed by atoms with van der Waals surface area (Å²) in [6, 6.07) is 1.52. The van der Waals surface area contributed by atoms with Crippen LogP contribution in [0.1, 0.15) is 49.0 Å². The lowest BCUT2D eigenvalue weighted by Gasteiger charge is -2.16. The Bertz CT molecular complexity index is 473. The Kier molecular flexibility index (Phi) is 4.19. The summed E-state index contributed by atoms with van der Waals surface area (Å²) in [4.78, 5) is 22.3. The smallest absolute Gasteiger partial charge is 0.287 e. The maximum absolute atomic E-state index is 12.1. The fraction of sp³-hybridized carbons (Fsp3) is 0.615. The van der Waals surface area contributed by atoms with Crippen LogP contribution in [0, 0.1) is 10.1 Å². The summed E-state index contributed by atoms with van der Waals surface area (Å²) in [5.41, 5.74) is 0.296. The van der Waals surface area contributed by atoms with Gasteiger partial charge in [0.2, 0.25) is 0 Å². The Morgan fingerprint density at radius 3 is 2.53 bits per heavy atom. The maximum atomic E-state index is 12.1. The molecule has 0 unspecified atom stereocenters. The summed E-state index contributed by atoms with van der Waals surface area (Å²) < 4.78 is 1.50. The molecule has 19 heavy (non-hydrogen) atoms. The van der Waals surface area contributed by atoms with Crippen molar-refractivity contribution in [3.05, 3.63) is 28.1 Å². The summed E-state index contributed by atoms with van der Waals surface area (Å²) in [7, 11) is 1.65. The molecule has 1 aromatic heterocycles. The molecule has 1 amide bonds. The molecule has 1 aliphatic carbocycles. The van der Waals surface area contributed by atoms with Gasteiger partial charge in [-0.25, -0.2) is 0 Å². The average Bonchev–Trinajstić information content (AvgIpc) is 2.58. The van der Waals surface area contributed by atoms with Gasteiger partial charge in [0.1, 0.15) is 5.69 Å². The highest BCUT2D eigenvalue weighted by atomic mass is 16.6. The molecule has 1 aliphatic rings. The van der Waals surface area contributed by atoms with E-state index in [4.69, 9.17) is 0 Å². The van der Waals surface area contributed by atoms with Gasteiger partial charge < -0.3 is 9.88 Å². The van der Waals surface area contributed by atoms with Crippen molar-refractivity contribution in [2.45, 2.75) is 44.6 Å². The third-order valence-corrected chi connectivity index (χ3v) is 3.62. The number of hydrogen-bond donors (Lipinski definition) is 1. The topological polar surface area (TPSA) is 77.2 Å². The number of carbonyl (C=O) groups is 1. The summed E-state index contributed by atoms with van der Waals surface area (Å²) in [6.07, 6.45) is 8.08. The number of carbonyl (C=O) groups excluding carboxylic acids is 1. The average molecular weight is 265 g/mol. The van der Waals surface area contributed by atoms with Gasteiger partial charge in [-0.3, -0.25) is 14.9 Å². The second-order valence-electron chi connectivity index (χ2n) is 5.11. The van der Waals surface area contributed by atoms with Crippen molar-refractivity contribution in [1.82, 2.24) is 9.88 Å². The molecular formula is C13H19N3O3. The van der Waals surface area contributed by atoms with Crippen molar-refractivity contribution >= 4 is 11.6 Å². The summed E-state index contributed by atoms with van der Waals surface area (Å²) >= 11 is 0. The molecule has 6 heteroatoms. The Morgan fingerprint density at radius 2 is 2.00 bits per heavy atom. The number of rotatable bonds is 3. The maximum Gasteiger partial charge on any atom is 0.287 e. The second-order valence-corrected chi connectivity index (χ2v) is 5.11. The molecule has 1 N–H and O–H groups in total. The van der Waals surface area contributed by atoms with Crippen molar-refractivity contribution in [1.29, 1.82) is 0 Å². The van der Waals surface area contributed by atoms with Gasteiger partial charge in [0.25, 0.3) is 11.6 Å². The first-order valence-electron chi connectivity index (χ1n) is 6.69. The molecule has 0 saturated heterocycles. The van der Waals surface area contributed by atoms with Crippen LogP contribution in [0.2, 0.25) is 0 Å². The van der Waals surface area contributed by atoms with E-state index in [0.29, 0.717) is 5.69 Å².